The third-order valence-corrected chi connectivity index (χ3v) is 4.41. The quantitative estimate of drug-likeness (QED) is 0.436. The van der Waals surface area contributed by atoms with E-state index in [0.717, 1.165) is 12.1 Å². The van der Waals surface area contributed by atoms with Gasteiger partial charge in [0.1, 0.15) is 17.4 Å². The van der Waals surface area contributed by atoms with Crippen LogP contribution in [0.15, 0.2) is 48.1 Å². The average Bonchev–Trinajstić information content (AvgIpc) is 2.59. The Morgan fingerprint density at radius 2 is 1.85 bits per heavy atom. The number of ether oxygens (including phenoxy) is 1. The highest BCUT2D eigenvalue weighted by Gasteiger charge is 2.39. The van der Waals surface area contributed by atoms with E-state index in [4.69, 9.17) is 10.5 Å². The predicted octanol–water partition coefficient (Wildman–Crippen LogP) is 5.21. The van der Waals surface area contributed by atoms with E-state index in [0.29, 0.717) is 11.6 Å². The largest absolute Gasteiger partial charge is 0.497 e. The highest BCUT2D eigenvalue weighted by molar-refractivity contribution is 5.82. The van der Waals surface area contributed by atoms with E-state index in [-0.39, 0.29) is 34.7 Å². The Morgan fingerprint density at radius 1 is 1.11 bits per heavy atom. The topological polar surface area (TPSA) is 47.3 Å². The molecular weight excluding hydrogens is 360 g/mol. The molecule has 1 atom stereocenters. The molecule has 0 radical (unpaired) electrons. The number of nitrogens with two attached hydrogens (primary N) is 1. The maximum absolute atomic E-state index is 15.9. The molecular formula is C20H18F4N2O. The molecule has 7 heteroatoms. The minimum atomic E-state index is -2.35. The van der Waals surface area contributed by atoms with Gasteiger partial charge >= 0.3 is 0 Å². The molecule has 27 heavy (non-hydrogen) atoms. The fraction of sp³-hybridized carbons (Fsp3) is 0.200. The number of rotatable bonds is 4. The summed E-state index contributed by atoms with van der Waals surface area (Å²) in [6.07, 6.45) is 3.01. The van der Waals surface area contributed by atoms with E-state index >= 15 is 4.39 Å². The smallest absolute Gasteiger partial charge is 0.210 e. The van der Waals surface area contributed by atoms with Gasteiger partial charge in [-0.3, -0.25) is 0 Å². The molecule has 0 saturated carbocycles. The maximum Gasteiger partial charge on any atom is 0.210 e. The van der Waals surface area contributed by atoms with E-state index < -0.39 is 23.2 Å². The number of allylic oxidation sites excluding steroid dienone is 2. The van der Waals surface area contributed by atoms with Gasteiger partial charge in [-0.15, -0.1) is 0 Å². The van der Waals surface area contributed by atoms with Gasteiger partial charge in [0.05, 0.1) is 18.5 Å². The van der Waals surface area contributed by atoms with E-state index in [2.05, 4.69) is 5.32 Å². The molecule has 3 nitrogen and oxygen atoms in total. The number of anilines is 2. The molecule has 0 spiro atoms. The normalized spacial score (nSPS) is 19.3. The number of halogens is 4. The summed E-state index contributed by atoms with van der Waals surface area (Å²) in [6.45, 7) is 1.62. The number of methoxy groups -OCH3 is 1. The summed E-state index contributed by atoms with van der Waals surface area (Å²) >= 11 is 0. The van der Waals surface area contributed by atoms with Crippen LogP contribution in [-0.2, 0) is 0 Å². The molecule has 1 aliphatic rings. The van der Waals surface area contributed by atoms with E-state index in [1.807, 2.05) is 0 Å². The molecule has 2 aromatic carbocycles. The van der Waals surface area contributed by atoms with Gasteiger partial charge in [0, 0.05) is 29.7 Å². The highest BCUT2D eigenvalue weighted by atomic mass is 19.2. The highest BCUT2D eigenvalue weighted by Crippen LogP contribution is 2.43. The zero-order valence-electron chi connectivity index (χ0n) is 14.7. The van der Waals surface area contributed by atoms with Crippen LogP contribution in [0.4, 0.5) is 28.9 Å². The van der Waals surface area contributed by atoms with Crippen molar-refractivity contribution >= 4 is 16.9 Å². The molecule has 2 aromatic rings. The van der Waals surface area contributed by atoms with Crippen molar-refractivity contribution < 1.29 is 22.3 Å². The van der Waals surface area contributed by atoms with Crippen LogP contribution in [0.2, 0.25) is 0 Å². The van der Waals surface area contributed by atoms with E-state index in [9.17, 15) is 13.2 Å². The molecule has 3 rings (SSSR count). The summed E-state index contributed by atoms with van der Waals surface area (Å²) in [5, 5.41) is 2.42. The molecule has 142 valence electrons. The van der Waals surface area contributed by atoms with Crippen LogP contribution in [0.3, 0.4) is 0 Å². The zero-order chi connectivity index (χ0) is 19.8. The fourth-order valence-corrected chi connectivity index (χ4v) is 3.18. The van der Waals surface area contributed by atoms with Crippen LogP contribution in [0.5, 0.6) is 5.75 Å². The van der Waals surface area contributed by atoms with Crippen molar-refractivity contribution in [2.45, 2.75) is 19.1 Å². The SMILES string of the molecule is COc1ccc(C2=C(C)C=CCC2(F)Nc2c(N)cc(F)cc2F)c(F)c1. The minimum absolute atomic E-state index is 0.00766. The first-order valence-corrected chi connectivity index (χ1v) is 8.18. The van der Waals surface area contributed by atoms with Crippen LogP contribution in [0.25, 0.3) is 5.57 Å². The molecule has 1 aliphatic carbocycles. The number of alkyl halides is 1. The van der Waals surface area contributed by atoms with Crippen LogP contribution in [0.1, 0.15) is 18.9 Å². The summed E-state index contributed by atoms with van der Waals surface area (Å²) < 4.78 is 63.0. The van der Waals surface area contributed by atoms with Crippen LogP contribution in [0, 0.1) is 17.5 Å². The standard InChI is InChI=1S/C20H18F4N2O/c1-11-4-3-7-20(24,26-19-16(23)8-12(21)9-17(19)25)18(11)14-6-5-13(27-2)10-15(14)22/h3-6,8-10,26H,7,25H2,1-2H3. The molecule has 0 saturated heterocycles. The second-order valence-corrected chi connectivity index (χ2v) is 6.29. The average molecular weight is 378 g/mol. The molecule has 0 heterocycles. The lowest BCUT2D eigenvalue weighted by Gasteiger charge is -2.34. The summed E-state index contributed by atoms with van der Waals surface area (Å²) in [5.74, 6) is -4.66. The van der Waals surface area contributed by atoms with E-state index in [1.54, 1.807) is 19.1 Å². The Hall–Kier alpha value is -2.96. The van der Waals surface area contributed by atoms with Gasteiger partial charge in [0.15, 0.2) is 5.82 Å². The number of hydrogen-bond donors (Lipinski definition) is 2. The predicted molar refractivity (Wildman–Crippen MR) is 97.5 cm³/mol. The lowest BCUT2D eigenvalue weighted by atomic mass is 9.85. The van der Waals surface area contributed by atoms with Crippen molar-refractivity contribution in [3.63, 3.8) is 0 Å². The lowest BCUT2D eigenvalue weighted by molar-refractivity contribution is 0.281. The van der Waals surface area contributed by atoms with Gasteiger partial charge in [0.25, 0.3) is 0 Å². The van der Waals surface area contributed by atoms with Crippen LogP contribution < -0.4 is 15.8 Å². The van der Waals surface area contributed by atoms with Gasteiger partial charge in [-0.2, -0.15) is 0 Å². The molecule has 0 aliphatic heterocycles. The van der Waals surface area contributed by atoms with Crippen molar-refractivity contribution in [1.82, 2.24) is 0 Å². The third kappa shape index (κ3) is 3.49. The Kier molecular flexibility index (Phi) is 4.87. The molecule has 3 N–H and O–H groups in total. The van der Waals surface area contributed by atoms with Crippen molar-refractivity contribution in [2.24, 2.45) is 0 Å². The Labute approximate surface area is 154 Å². The van der Waals surface area contributed by atoms with Crippen LogP contribution in [-0.4, -0.2) is 12.9 Å². The Balaban J connectivity index is 2.10. The van der Waals surface area contributed by atoms with Gasteiger partial charge in [-0.05, 0) is 30.7 Å². The monoisotopic (exact) mass is 378 g/mol. The summed E-state index contributed by atoms with van der Waals surface area (Å²) in [5.41, 5.74) is 5.46. The second kappa shape index (κ2) is 6.98. The molecule has 0 fully saturated rings. The molecule has 0 bridgehead atoms. The lowest BCUT2D eigenvalue weighted by Crippen LogP contribution is -2.37. The number of hydrogen-bond acceptors (Lipinski definition) is 3. The fourth-order valence-electron chi connectivity index (χ4n) is 3.18. The number of benzene rings is 2. The van der Waals surface area contributed by atoms with Gasteiger partial charge in [-0.25, -0.2) is 17.6 Å². The summed E-state index contributed by atoms with van der Waals surface area (Å²) in [6, 6.07) is 5.53. The summed E-state index contributed by atoms with van der Waals surface area (Å²) in [4.78, 5) is 0. The maximum atomic E-state index is 15.9. The minimum Gasteiger partial charge on any atom is -0.497 e. The summed E-state index contributed by atoms with van der Waals surface area (Å²) in [7, 11) is 1.39. The van der Waals surface area contributed by atoms with Crippen molar-refractivity contribution in [3.05, 3.63) is 71.1 Å². The van der Waals surface area contributed by atoms with Crippen molar-refractivity contribution in [3.8, 4) is 5.75 Å². The molecule has 1 unspecified atom stereocenters. The first kappa shape index (κ1) is 18.8. The Morgan fingerprint density at radius 3 is 2.48 bits per heavy atom. The Bertz CT molecular complexity index is 932. The van der Waals surface area contributed by atoms with Crippen molar-refractivity contribution in [2.75, 3.05) is 18.2 Å². The molecule has 0 aromatic heterocycles. The zero-order valence-corrected chi connectivity index (χ0v) is 14.7. The number of nitrogen functional groups attached to an aromatic ring is 1. The molecule has 0 amide bonds. The first-order chi connectivity index (χ1) is 12.7. The van der Waals surface area contributed by atoms with Gasteiger partial charge in [0.2, 0.25) is 5.79 Å². The first-order valence-electron chi connectivity index (χ1n) is 8.18. The third-order valence-electron chi connectivity index (χ3n) is 4.41. The second-order valence-electron chi connectivity index (χ2n) is 6.29. The van der Waals surface area contributed by atoms with E-state index in [1.165, 1.54) is 19.2 Å². The number of nitrogens with one attached hydrogen (secondary N) is 1. The van der Waals surface area contributed by atoms with Crippen molar-refractivity contribution in [1.29, 1.82) is 0 Å². The van der Waals surface area contributed by atoms with Gasteiger partial charge < -0.3 is 15.8 Å². The van der Waals surface area contributed by atoms with Gasteiger partial charge in [-0.1, -0.05) is 12.2 Å². The van der Waals surface area contributed by atoms with Crippen LogP contribution >= 0.6 is 0 Å².